The second kappa shape index (κ2) is 4.32. The molecule has 20 heavy (non-hydrogen) atoms. The van der Waals surface area contributed by atoms with Crippen molar-refractivity contribution in [2.24, 2.45) is 0 Å². The summed E-state index contributed by atoms with van der Waals surface area (Å²) in [5, 5.41) is 3.24. The molecule has 1 aromatic carbocycles. The van der Waals surface area contributed by atoms with Gasteiger partial charge in [-0.25, -0.2) is 0 Å². The predicted molar refractivity (Wildman–Crippen MR) is 84.5 cm³/mol. The highest BCUT2D eigenvalue weighted by molar-refractivity contribution is 7.18. The molecule has 0 bridgehead atoms. The van der Waals surface area contributed by atoms with E-state index in [2.05, 4.69) is 11.4 Å². The minimum absolute atomic E-state index is 0.0315. The number of aromatic nitrogens is 1. The van der Waals surface area contributed by atoms with Crippen molar-refractivity contribution in [1.29, 1.82) is 0 Å². The Bertz CT molecular complexity index is 967. The van der Waals surface area contributed by atoms with Gasteiger partial charge in [0.25, 0.3) is 5.56 Å². The lowest BCUT2D eigenvalue weighted by Crippen LogP contribution is -2.14. The van der Waals surface area contributed by atoms with Crippen LogP contribution in [-0.2, 0) is 0 Å². The molecule has 0 aliphatic rings. The average Bonchev–Trinajstić information content (AvgIpc) is 2.97. The fraction of sp³-hybridized carbons (Fsp3) is 0. The van der Waals surface area contributed by atoms with E-state index in [1.807, 2.05) is 54.7 Å². The quantitative estimate of drug-likeness (QED) is 0.511. The summed E-state index contributed by atoms with van der Waals surface area (Å²) < 4.78 is 2.89. The molecule has 0 aliphatic heterocycles. The topological polar surface area (TPSA) is 21.5 Å². The molecule has 2 nitrogen and oxygen atoms in total. The lowest BCUT2D eigenvalue weighted by Gasteiger charge is -2.06. The third-order valence-electron chi connectivity index (χ3n) is 3.53. The average molecular weight is 277 g/mol. The maximum Gasteiger partial charge on any atom is 0.262 e. The van der Waals surface area contributed by atoms with E-state index in [1.54, 1.807) is 15.7 Å². The third-order valence-corrected chi connectivity index (χ3v) is 4.49. The number of rotatable bonds is 1. The van der Waals surface area contributed by atoms with Gasteiger partial charge < -0.3 is 0 Å². The first-order valence-electron chi connectivity index (χ1n) is 6.41. The van der Waals surface area contributed by atoms with Crippen molar-refractivity contribution in [1.82, 2.24) is 4.40 Å². The Morgan fingerprint density at radius 1 is 0.900 bits per heavy atom. The molecule has 0 atom stereocenters. The molecule has 3 heterocycles. The van der Waals surface area contributed by atoms with Crippen molar-refractivity contribution in [3.8, 4) is 11.1 Å². The van der Waals surface area contributed by atoms with Gasteiger partial charge in [-0.3, -0.25) is 9.20 Å². The van der Waals surface area contributed by atoms with Crippen molar-refractivity contribution in [2.75, 3.05) is 0 Å². The van der Waals surface area contributed by atoms with Crippen LogP contribution < -0.4 is 5.56 Å². The summed E-state index contributed by atoms with van der Waals surface area (Å²) in [4.78, 5) is 12.7. The SMILES string of the molecule is O=c1c(-c2ccccc2)ccc2c3sccc3ccn12. The van der Waals surface area contributed by atoms with E-state index in [9.17, 15) is 4.79 Å². The Kier molecular flexibility index (Phi) is 2.47. The molecule has 0 unspecified atom stereocenters. The highest BCUT2D eigenvalue weighted by Crippen LogP contribution is 2.26. The molecule has 4 aromatic rings. The van der Waals surface area contributed by atoms with Crippen molar-refractivity contribution < 1.29 is 0 Å². The first kappa shape index (κ1) is 11.4. The first-order chi connectivity index (χ1) is 9.84. The lowest BCUT2D eigenvalue weighted by atomic mass is 10.1. The molecule has 0 fully saturated rings. The molecule has 0 saturated heterocycles. The molecule has 3 aromatic heterocycles. The first-order valence-corrected chi connectivity index (χ1v) is 7.29. The van der Waals surface area contributed by atoms with Gasteiger partial charge >= 0.3 is 0 Å². The van der Waals surface area contributed by atoms with Gasteiger partial charge in [-0.15, -0.1) is 11.3 Å². The highest BCUT2D eigenvalue weighted by atomic mass is 32.1. The minimum Gasteiger partial charge on any atom is -0.282 e. The number of fused-ring (bicyclic) bond motifs is 3. The molecular formula is C17H11NOS. The molecule has 0 N–H and O–H groups in total. The van der Waals surface area contributed by atoms with Crippen LogP contribution in [-0.4, -0.2) is 4.40 Å². The van der Waals surface area contributed by atoms with Crippen LogP contribution in [0.1, 0.15) is 0 Å². The monoisotopic (exact) mass is 277 g/mol. The van der Waals surface area contributed by atoms with Gasteiger partial charge in [0.2, 0.25) is 0 Å². The second-order valence-corrected chi connectivity index (χ2v) is 5.61. The molecule has 96 valence electrons. The van der Waals surface area contributed by atoms with E-state index in [0.29, 0.717) is 0 Å². The summed E-state index contributed by atoms with van der Waals surface area (Å²) >= 11 is 1.67. The molecule has 4 rings (SSSR count). The molecule has 3 heteroatoms. The van der Waals surface area contributed by atoms with Gasteiger partial charge in [0.1, 0.15) is 0 Å². The number of benzene rings is 1. The summed E-state index contributed by atoms with van der Waals surface area (Å²) in [7, 11) is 0. The Hall–Kier alpha value is -2.39. The van der Waals surface area contributed by atoms with Crippen molar-refractivity contribution in [2.45, 2.75) is 0 Å². The molecule has 0 saturated carbocycles. The fourth-order valence-electron chi connectivity index (χ4n) is 2.54. The number of hydrogen-bond acceptors (Lipinski definition) is 2. The Labute approximate surface area is 119 Å². The zero-order valence-electron chi connectivity index (χ0n) is 10.6. The smallest absolute Gasteiger partial charge is 0.262 e. The summed E-state index contributed by atoms with van der Waals surface area (Å²) in [6, 6.07) is 17.8. The number of nitrogens with zero attached hydrogens (tertiary/aromatic N) is 1. The predicted octanol–water partition coefficient (Wildman–Crippen LogP) is 4.18. The normalized spacial score (nSPS) is 11.2. The molecule has 0 aliphatic carbocycles. The fourth-order valence-corrected chi connectivity index (χ4v) is 3.45. The van der Waals surface area contributed by atoms with E-state index in [0.717, 1.165) is 21.3 Å². The highest BCUT2D eigenvalue weighted by Gasteiger charge is 2.08. The van der Waals surface area contributed by atoms with Crippen LogP contribution in [0.2, 0.25) is 0 Å². The standard InChI is InChI=1S/C17H11NOS/c19-17-14(12-4-2-1-3-5-12)6-7-15-16-13(9-11-20-16)8-10-18(15)17/h1-11H. The molecule has 0 amide bonds. The molecule has 0 radical (unpaired) electrons. The van der Waals surface area contributed by atoms with Gasteiger partial charge in [0.15, 0.2) is 0 Å². The Morgan fingerprint density at radius 2 is 1.75 bits per heavy atom. The van der Waals surface area contributed by atoms with E-state index in [-0.39, 0.29) is 5.56 Å². The van der Waals surface area contributed by atoms with E-state index < -0.39 is 0 Å². The van der Waals surface area contributed by atoms with Crippen LogP contribution in [0.5, 0.6) is 0 Å². The summed E-state index contributed by atoms with van der Waals surface area (Å²) in [6.07, 6.45) is 1.86. The summed E-state index contributed by atoms with van der Waals surface area (Å²) in [6.45, 7) is 0. The maximum atomic E-state index is 12.7. The largest absolute Gasteiger partial charge is 0.282 e. The van der Waals surface area contributed by atoms with Gasteiger partial charge in [0, 0.05) is 11.8 Å². The molecular weight excluding hydrogens is 266 g/mol. The van der Waals surface area contributed by atoms with E-state index in [1.165, 1.54) is 5.39 Å². The zero-order valence-corrected chi connectivity index (χ0v) is 11.4. The summed E-state index contributed by atoms with van der Waals surface area (Å²) in [5.41, 5.74) is 2.70. The van der Waals surface area contributed by atoms with Crippen LogP contribution >= 0.6 is 11.3 Å². The van der Waals surface area contributed by atoms with Crippen LogP contribution in [0.25, 0.3) is 26.7 Å². The summed E-state index contributed by atoms with van der Waals surface area (Å²) in [5.74, 6) is 0. The van der Waals surface area contributed by atoms with Crippen molar-refractivity contribution in [3.05, 3.63) is 76.5 Å². The van der Waals surface area contributed by atoms with Crippen LogP contribution in [0.4, 0.5) is 0 Å². The number of hydrogen-bond donors (Lipinski definition) is 0. The van der Waals surface area contributed by atoms with Gasteiger partial charge in [-0.05, 0) is 40.6 Å². The second-order valence-electron chi connectivity index (χ2n) is 4.69. The zero-order chi connectivity index (χ0) is 13.5. The van der Waals surface area contributed by atoms with Crippen molar-refractivity contribution in [3.63, 3.8) is 0 Å². The maximum absolute atomic E-state index is 12.7. The van der Waals surface area contributed by atoms with Crippen LogP contribution in [0, 0.1) is 0 Å². The van der Waals surface area contributed by atoms with Crippen LogP contribution in [0.15, 0.2) is 71.0 Å². The van der Waals surface area contributed by atoms with Crippen LogP contribution in [0.3, 0.4) is 0 Å². The van der Waals surface area contributed by atoms with Gasteiger partial charge in [-0.1, -0.05) is 30.3 Å². The Morgan fingerprint density at radius 3 is 2.60 bits per heavy atom. The number of thiophene rings is 1. The number of pyridine rings is 2. The minimum atomic E-state index is 0.0315. The lowest BCUT2D eigenvalue weighted by molar-refractivity contribution is 1.11. The third kappa shape index (κ3) is 1.60. The molecule has 0 spiro atoms. The Balaban J connectivity index is 2.10. The van der Waals surface area contributed by atoms with E-state index >= 15 is 0 Å². The van der Waals surface area contributed by atoms with Gasteiger partial charge in [0.05, 0.1) is 10.2 Å². The van der Waals surface area contributed by atoms with Crippen molar-refractivity contribution >= 4 is 26.9 Å². The van der Waals surface area contributed by atoms with Gasteiger partial charge in [-0.2, -0.15) is 0 Å². The van der Waals surface area contributed by atoms with E-state index in [4.69, 9.17) is 0 Å².